The summed E-state index contributed by atoms with van der Waals surface area (Å²) in [7, 11) is -4.68. The van der Waals surface area contributed by atoms with E-state index < -0.39 is 30.9 Å². The van der Waals surface area contributed by atoms with E-state index in [4.69, 9.17) is 9.26 Å². The molecule has 1 atom stereocenters. The number of nitro groups is 1. The summed E-state index contributed by atoms with van der Waals surface area (Å²) in [5, 5.41) is 11.3. The highest BCUT2D eigenvalue weighted by molar-refractivity contribution is 7.89. The first-order valence-corrected chi connectivity index (χ1v) is 20.4. The van der Waals surface area contributed by atoms with Crippen LogP contribution in [-0.4, -0.2) is 35.4 Å². The molecule has 1 unspecified atom stereocenters. The summed E-state index contributed by atoms with van der Waals surface area (Å²) in [5.74, 6) is 1.01. The fraction of sp³-hybridized carbons (Fsp3) is 0.600. The van der Waals surface area contributed by atoms with Crippen LogP contribution in [0.25, 0.3) is 5.69 Å². The lowest BCUT2D eigenvalue weighted by Gasteiger charge is -2.18. The highest BCUT2D eigenvalue weighted by atomic mass is 32.2. The van der Waals surface area contributed by atoms with Crippen molar-refractivity contribution in [3.63, 3.8) is 0 Å². The summed E-state index contributed by atoms with van der Waals surface area (Å²) < 4.78 is 40.8. The largest absolute Gasteiger partial charge is 0.489 e. The molecule has 288 valence electrons. The third kappa shape index (κ3) is 12.6. The zero-order chi connectivity index (χ0) is 38.1. The van der Waals surface area contributed by atoms with E-state index in [0.29, 0.717) is 36.4 Å². The van der Waals surface area contributed by atoms with Crippen molar-refractivity contribution in [2.75, 3.05) is 6.54 Å². The van der Waals surface area contributed by atoms with Crippen LogP contribution in [-0.2, 0) is 22.0 Å². The van der Waals surface area contributed by atoms with Crippen molar-refractivity contribution in [3.05, 3.63) is 85.9 Å². The number of hydrazine groups is 1. The average molecular weight is 742 g/mol. The Morgan fingerprint density at radius 3 is 2.00 bits per heavy atom. The normalized spacial score (nSPS) is 12.5. The second-order valence-electron chi connectivity index (χ2n) is 14.9. The molecule has 0 bridgehead atoms. The molecule has 0 N–H and O–H groups in total. The predicted octanol–water partition coefficient (Wildman–Crippen LogP) is 9.81. The lowest BCUT2D eigenvalue weighted by Crippen LogP contribution is -2.38. The van der Waals surface area contributed by atoms with E-state index in [-0.39, 0.29) is 34.6 Å². The molecule has 0 saturated carbocycles. The number of para-hydroxylation sites is 1. The molecule has 0 fully saturated rings. The first-order valence-electron chi connectivity index (χ1n) is 19.0. The van der Waals surface area contributed by atoms with Crippen LogP contribution in [0.5, 0.6) is 5.75 Å². The molecular weight excluding hydrogens is 683 g/mol. The quantitative estimate of drug-likeness (QED) is 0.0362. The average Bonchev–Trinajstić information content (AvgIpc) is 3.45. The maximum absolute atomic E-state index is 13.9. The fourth-order valence-electron chi connectivity index (χ4n) is 6.38. The number of aromatic nitrogens is 1. The third-order valence-corrected chi connectivity index (χ3v) is 11.2. The number of ether oxygens (including phenoxy) is 1. The first-order chi connectivity index (χ1) is 24.8. The molecule has 0 amide bonds. The minimum Gasteiger partial charge on any atom is -0.489 e. The fourth-order valence-corrected chi connectivity index (χ4v) is 7.82. The summed E-state index contributed by atoms with van der Waals surface area (Å²) in [6, 6.07) is 12.0. The van der Waals surface area contributed by atoms with Crippen molar-refractivity contribution in [2.45, 2.75) is 148 Å². The van der Waals surface area contributed by atoms with E-state index >= 15 is 0 Å². The molecular formula is C40H59N3O8S. The molecule has 11 nitrogen and oxygen atoms in total. The second kappa shape index (κ2) is 20.9. The van der Waals surface area contributed by atoms with Crippen molar-refractivity contribution in [2.24, 2.45) is 5.92 Å². The van der Waals surface area contributed by atoms with Crippen LogP contribution < -0.4 is 10.3 Å². The van der Waals surface area contributed by atoms with Crippen LogP contribution in [0.4, 0.5) is 0 Å². The summed E-state index contributed by atoms with van der Waals surface area (Å²) in [6.45, 7) is 9.39. The van der Waals surface area contributed by atoms with Crippen molar-refractivity contribution in [1.29, 1.82) is 0 Å². The smallest absolute Gasteiger partial charge is 0.315 e. The summed E-state index contributed by atoms with van der Waals surface area (Å²) in [5.41, 5.74) is -0.801. The van der Waals surface area contributed by atoms with Crippen molar-refractivity contribution in [3.8, 4) is 11.4 Å². The molecule has 0 aliphatic heterocycles. The molecule has 52 heavy (non-hydrogen) atoms. The van der Waals surface area contributed by atoms with Crippen LogP contribution in [0, 0.1) is 16.0 Å². The molecule has 3 rings (SSSR count). The van der Waals surface area contributed by atoms with Gasteiger partial charge in [-0.1, -0.05) is 130 Å². The van der Waals surface area contributed by atoms with Gasteiger partial charge in [0, 0.05) is 11.0 Å². The monoisotopic (exact) mass is 741 g/mol. The number of aldehydes is 1. The van der Waals surface area contributed by atoms with Gasteiger partial charge in [0.25, 0.3) is 5.56 Å². The van der Waals surface area contributed by atoms with Crippen molar-refractivity contribution in [1.82, 2.24) is 9.15 Å². The Hall–Kier alpha value is -3.93. The van der Waals surface area contributed by atoms with Crippen molar-refractivity contribution >= 4 is 16.3 Å². The van der Waals surface area contributed by atoms with Crippen LogP contribution in [0.3, 0.4) is 0 Å². The number of hydrogen-bond acceptors (Lipinski definition) is 8. The van der Waals surface area contributed by atoms with Gasteiger partial charge in [0.1, 0.15) is 29.2 Å². The van der Waals surface area contributed by atoms with Gasteiger partial charge in [-0.05, 0) is 59.6 Å². The minimum absolute atomic E-state index is 0.133. The van der Waals surface area contributed by atoms with E-state index in [1.807, 2.05) is 20.8 Å². The van der Waals surface area contributed by atoms with Gasteiger partial charge >= 0.3 is 10.0 Å². The Morgan fingerprint density at radius 1 is 0.885 bits per heavy atom. The Balaban J connectivity index is 1.63. The Kier molecular flexibility index (Phi) is 17.1. The maximum atomic E-state index is 13.9. The number of rotatable bonds is 25. The SMILES string of the molecule is CCCCCCCCCCCCCCC(C)CCCN([N+](=O)[O-])S(=O)(=O)c1ccccc1-n1oc(C(C)(C)C)c(COc2ccc(C=O)cc2)c1=O. The van der Waals surface area contributed by atoms with Crippen LogP contribution >= 0.6 is 0 Å². The Morgan fingerprint density at radius 2 is 1.44 bits per heavy atom. The molecule has 0 spiro atoms. The molecule has 1 heterocycles. The number of carbonyl (C=O) groups is 1. The molecule has 0 aliphatic rings. The summed E-state index contributed by atoms with van der Waals surface area (Å²) >= 11 is 0. The van der Waals surface area contributed by atoms with Gasteiger partial charge in [-0.25, -0.2) is 10.1 Å². The van der Waals surface area contributed by atoms with Crippen LogP contribution in [0.2, 0.25) is 0 Å². The van der Waals surface area contributed by atoms with Gasteiger partial charge in [-0.2, -0.15) is 8.42 Å². The Labute approximate surface area is 309 Å². The molecule has 0 radical (unpaired) electrons. The Bertz CT molecular complexity index is 1710. The zero-order valence-corrected chi connectivity index (χ0v) is 32.6. The third-order valence-electron chi connectivity index (χ3n) is 9.40. The van der Waals surface area contributed by atoms with Gasteiger partial charge in [-0.15, -0.1) is 4.74 Å². The lowest BCUT2D eigenvalue weighted by atomic mass is 9.91. The number of unbranched alkanes of at least 4 members (excludes halogenated alkanes) is 11. The second-order valence-corrected chi connectivity index (χ2v) is 16.7. The minimum atomic E-state index is -4.68. The zero-order valence-electron chi connectivity index (χ0n) is 31.8. The van der Waals surface area contributed by atoms with Gasteiger partial charge in [-0.3, -0.25) is 9.59 Å². The van der Waals surface area contributed by atoms with Crippen molar-refractivity contribution < 1.29 is 27.5 Å². The summed E-state index contributed by atoms with van der Waals surface area (Å²) in [6.07, 6.45) is 18.1. The van der Waals surface area contributed by atoms with E-state index in [0.717, 1.165) is 17.6 Å². The highest BCUT2D eigenvalue weighted by Crippen LogP contribution is 2.30. The number of sulfonamides is 1. The number of carbonyl (C=O) groups excluding carboxylic acids is 1. The van der Waals surface area contributed by atoms with Crippen LogP contribution in [0.1, 0.15) is 153 Å². The number of hydrogen-bond donors (Lipinski definition) is 0. The lowest BCUT2D eigenvalue weighted by molar-refractivity contribution is -0.620. The first kappa shape index (κ1) is 42.5. The topological polar surface area (TPSA) is 142 Å². The van der Waals surface area contributed by atoms with Gasteiger partial charge < -0.3 is 9.26 Å². The highest BCUT2D eigenvalue weighted by Gasteiger charge is 2.37. The van der Waals surface area contributed by atoms with E-state index in [9.17, 15) is 28.1 Å². The van der Waals surface area contributed by atoms with Gasteiger partial charge in [0.15, 0.2) is 10.8 Å². The van der Waals surface area contributed by atoms with E-state index in [1.165, 1.54) is 88.8 Å². The summed E-state index contributed by atoms with van der Waals surface area (Å²) in [4.78, 5) is 36.6. The number of benzene rings is 2. The van der Waals surface area contributed by atoms with Crippen LogP contribution in [0.15, 0.2) is 62.7 Å². The number of nitrogens with zero attached hydrogens (tertiary/aromatic N) is 3. The van der Waals surface area contributed by atoms with E-state index in [2.05, 4.69) is 13.8 Å². The molecule has 0 aliphatic carbocycles. The molecule has 12 heteroatoms. The molecule has 2 aromatic carbocycles. The molecule has 0 saturated heterocycles. The van der Waals surface area contributed by atoms with Gasteiger partial charge in [0.05, 0.1) is 12.1 Å². The standard InChI is InChI=1S/C40H59N3O8S/c1-6-7-8-9-10-11-12-13-14-15-16-17-21-32(2)22-20-29-41(43(46)47)52(48,49)37-24-19-18-23-36(37)42-39(45)35(38(51-42)40(3,4)5)31-50-34-27-25-33(30-44)26-28-34/h18-19,23-28,30,32H,6-17,20-22,29,31H2,1-5H3. The maximum Gasteiger partial charge on any atom is 0.315 e. The molecule has 1 aromatic heterocycles. The molecule has 3 aromatic rings. The predicted molar refractivity (Wildman–Crippen MR) is 204 cm³/mol. The van der Waals surface area contributed by atoms with Gasteiger partial charge in [0.2, 0.25) is 0 Å². The van der Waals surface area contributed by atoms with E-state index in [1.54, 1.807) is 30.3 Å².